The monoisotopic (exact) mass is 235 g/mol. The third kappa shape index (κ3) is 4.26. The molecule has 0 aliphatic rings. The van der Waals surface area contributed by atoms with Crippen LogP contribution in [-0.2, 0) is 9.53 Å². The van der Waals surface area contributed by atoms with E-state index in [2.05, 4.69) is 10.1 Å². The van der Waals surface area contributed by atoms with Crippen molar-refractivity contribution in [3.05, 3.63) is 35.4 Å². The minimum absolute atomic E-state index is 0.175. The zero-order chi connectivity index (χ0) is 12.8. The third-order valence-corrected chi connectivity index (χ3v) is 2.36. The SMILES string of the molecule is COC(=O)CC(C)NC(=O)c1cccc(C)c1. The van der Waals surface area contributed by atoms with Gasteiger partial charge in [0.1, 0.15) is 0 Å². The molecular weight excluding hydrogens is 218 g/mol. The molecule has 0 saturated heterocycles. The minimum atomic E-state index is -0.331. The Morgan fingerprint density at radius 2 is 2.12 bits per heavy atom. The molecule has 92 valence electrons. The normalized spacial score (nSPS) is 11.7. The van der Waals surface area contributed by atoms with Crippen molar-refractivity contribution in [2.24, 2.45) is 0 Å². The predicted octanol–water partition coefficient (Wildman–Crippen LogP) is 1.68. The number of hydrogen-bond donors (Lipinski definition) is 1. The van der Waals surface area contributed by atoms with Crippen LogP contribution in [0, 0.1) is 6.92 Å². The summed E-state index contributed by atoms with van der Waals surface area (Å²) < 4.78 is 4.54. The highest BCUT2D eigenvalue weighted by molar-refractivity contribution is 5.94. The molecule has 0 aromatic heterocycles. The second kappa shape index (κ2) is 6.03. The van der Waals surface area contributed by atoms with Crippen molar-refractivity contribution >= 4 is 11.9 Å². The zero-order valence-electron chi connectivity index (χ0n) is 10.3. The van der Waals surface area contributed by atoms with Gasteiger partial charge in [0, 0.05) is 11.6 Å². The Morgan fingerprint density at radius 3 is 2.71 bits per heavy atom. The van der Waals surface area contributed by atoms with Crippen LogP contribution in [0.3, 0.4) is 0 Å². The van der Waals surface area contributed by atoms with Gasteiger partial charge in [-0.05, 0) is 26.0 Å². The molecule has 0 heterocycles. The van der Waals surface area contributed by atoms with Gasteiger partial charge in [0.25, 0.3) is 5.91 Å². The summed E-state index contributed by atoms with van der Waals surface area (Å²) in [5.74, 6) is -0.507. The van der Waals surface area contributed by atoms with Crippen molar-refractivity contribution in [3.63, 3.8) is 0 Å². The van der Waals surface area contributed by atoms with Gasteiger partial charge >= 0.3 is 5.97 Å². The number of aryl methyl sites for hydroxylation is 1. The van der Waals surface area contributed by atoms with E-state index in [1.165, 1.54) is 7.11 Å². The Bertz CT molecular complexity index is 415. The number of esters is 1. The van der Waals surface area contributed by atoms with Crippen LogP contribution >= 0.6 is 0 Å². The Morgan fingerprint density at radius 1 is 1.41 bits per heavy atom. The molecule has 0 aliphatic heterocycles. The lowest BCUT2D eigenvalue weighted by molar-refractivity contribution is -0.141. The molecule has 1 atom stereocenters. The lowest BCUT2D eigenvalue weighted by Gasteiger charge is -2.12. The van der Waals surface area contributed by atoms with Crippen molar-refractivity contribution in [1.82, 2.24) is 5.32 Å². The molecule has 1 unspecified atom stereocenters. The molecule has 4 heteroatoms. The highest BCUT2D eigenvalue weighted by Crippen LogP contribution is 2.04. The molecule has 0 aliphatic carbocycles. The van der Waals surface area contributed by atoms with Crippen LogP contribution in [-0.4, -0.2) is 25.0 Å². The van der Waals surface area contributed by atoms with E-state index in [4.69, 9.17) is 0 Å². The lowest BCUT2D eigenvalue weighted by Crippen LogP contribution is -2.34. The van der Waals surface area contributed by atoms with E-state index >= 15 is 0 Å². The first-order chi connectivity index (χ1) is 8.02. The van der Waals surface area contributed by atoms with E-state index in [-0.39, 0.29) is 24.3 Å². The molecule has 1 amide bonds. The molecule has 0 radical (unpaired) electrons. The summed E-state index contributed by atoms with van der Waals surface area (Å²) >= 11 is 0. The van der Waals surface area contributed by atoms with E-state index in [1.54, 1.807) is 19.1 Å². The quantitative estimate of drug-likeness (QED) is 0.808. The fraction of sp³-hybridized carbons (Fsp3) is 0.385. The summed E-state index contributed by atoms with van der Waals surface area (Å²) in [6.07, 6.45) is 0.175. The standard InChI is InChI=1S/C13H17NO3/c1-9-5-4-6-11(7-9)13(16)14-10(2)8-12(15)17-3/h4-7,10H,8H2,1-3H3,(H,14,16). The number of rotatable bonds is 4. The number of amides is 1. The smallest absolute Gasteiger partial charge is 0.307 e. The number of hydrogen-bond acceptors (Lipinski definition) is 3. The van der Waals surface area contributed by atoms with Crippen LogP contribution in [0.4, 0.5) is 0 Å². The van der Waals surface area contributed by atoms with Gasteiger partial charge < -0.3 is 10.1 Å². The summed E-state index contributed by atoms with van der Waals surface area (Å²) in [7, 11) is 1.33. The van der Waals surface area contributed by atoms with Gasteiger partial charge in [0.05, 0.1) is 13.5 Å². The highest BCUT2D eigenvalue weighted by Gasteiger charge is 2.13. The van der Waals surface area contributed by atoms with Gasteiger partial charge in [-0.2, -0.15) is 0 Å². The summed E-state index contributed by atoms with van der Waals surface area (Å²) in [4.78, 5) is 22.8. The number of nitrogens with one attached hydrogen (secondary N) is 1. The van der Waals surface area contributed by atoms with Crippen LogP contribution in [0.2, 0.25) is 0 Å². The first-order valence-corrected chi connectivity index (χ1v) is 5.47. The summed E-state index contributed by atoms with van der Waals surface area (Å²) in [6, 6.07) is 7.06. The topological polar surface area (TPSA) is 55.4 Å². The van der Waals surface area contributed by atoms with Crippen LogP contribution in [0.25, 0.3) is 0 Å². The Balaban J connectivity index is 2.57. The maximum atomic E-state index is 11.8. The molecule has 17 heavy (non-hydrogen) atoms. The fourth-order valence-corrected chi connectivity index (χ4v) is 1.48. The summed E-state index contributed by atoms with van der Waals surface area (Å²) in [5.41, 5.74) is 1.62. The molecule has 1 aromatic carbocycles. The van der Waals surface area contributed by atoms with Gasteiger partial charge in [0.2, 0.25) is 0 Å². The lowest BCUT2D eigenvalue weighted by atomic mass is 10.1. The van der Waals surface area contributed by atoms with Gasteiger partial charge in [-0.3, -0.25) is 9.59 Å². The summed E-state index contributed by atoms with van der Waals surface area (Å²) in [5, 5.41) is 2.75. The average Bonchev–Trinajstić information content (AvgIpc) is 2.28. The Hall–Kier alpha value is -1.84. The van der Waals surface area contributed by atoms with Gasteiger partial charge in [-0.25, -0.2) is 0 Å². The van der Waals surface area contributed by atoms with E-state index < -0.39 is 0 Å². The fourth-order valence-electron chi connectivity index (χ4n) is 1.48. The number of carbonyl (C=O) groups excluding carboxylic acids is 2. The third-order valence-electron chi connectivity index (χ3n) is 2.36. The molecule has 0 saturated carbocycles. The van der Waals surface area contributed by atoms with E-state index in [1.807, 2.05) is 19.1 Å². The van der Waals surface area contributed by atoms with E-state index in [9.17, 15) is 9.59 Å². The predicted molar refractivity (Wildman–Crippen MR) is 64.7 cm³/mol. The van der Waals surface area contributed by atoms with Gasteiger partial charge in [-0.15, -0.1) is 0 Å². The van der Waals surface area contributed by atoms with Crippen molar-refractivity contribution in [3.8, 4) is 0 Å². The zero-order valence-corrected chi connectivity index (χ0v) is 10.3. The number of ether oxygens (including phenoxy) is 1. The average molecular weight is 235 g/mol. The van der Waals surface area contributed by atoms with Crippen LogP contribution in [0.1, 0.15) is 29.3 Å². The van der Waals surface area contributed by atoms with E-state index in [0.29, 0.717) is 5.56 Å². The number of carbonyl (C=O) groups is 2. The van der Waals surface area contributed by atoms with Crippen molar-refractivity contribution in [1.29, 1.82) is 0 Å². The molecule has 4 nitrogen and oxygen atoms in total. The molecule has 1 aromatic rings. The molecular formula is C13H17NO3. The first-order valence-electron chi connectivity index (χ1n) is 5.47. The van der Waals surface area contributed by atoms with Crippen LogP contribution in [0.5, 0.6) is 0 Å². The molecule has 1 rings (SSSR count). The van der Waals surface area contributed by atoms with E-state index in [0.717, 1.165) is 5.56 Å². The van der Waals surface area contributed by atoms with Gasteiger partial charge in [-0.1, -0.05) is 17.7 Å². The molecule has 1 N–H and O–H groups in total. The van der Waals surface area contributed by atoms with Gasteiger partial charge in [0.15, 0.2) is 0 Å². The van der Waals surface area contributed by atoms with Crippen molar-refractivity contribution in [2.45, 2.75) is 26.3 Å². The second-order valence-electron chi connectivity index (χ2n) is 4.02. The van der Waals surface area contributed by atoms with Crippen molar-refractivity contribution in [2.75, 3.05) is 7.11 Å². The largest absolute Gasteiger partial charge is 0.469 e. The van der Waals surface area contributed by atoms with Crippen LogP contribution in [0.15, 0.2) is 24.3 Å². The maximum absolute atomic E-state index is 11.8. The second-order valence-corrected chi connectivity index (χ2v) is 4.02. The molecule has 0 spiro atoms. The maximum Gasteiger partial charge on any atom is 0.307 e. The summed E-state index contributed by atoms with van der Waals surface area (Å²) in [6.45, 7) is 3.69. The molecule has 0 bridgehead atoms. The Kier molecular flexibility index (Phi) is 4.69. The molecule has 0 fully saturated rings. The first kappa shape index (κ1) is 13.2. The minimum Gasteiger partial charge on any atom is -0.469 e. The number of benzene rings is 1. The number of methoxy groups -OCH3 is 1. The van der Waals surface area contributed by atoms with Crippen LogP contribution < -0.4 is 5.32 Å². The Labute approximate surface area is 101 Å². The van der Waals surface area contributed by atoms with Crippen molar-refractivity contribution < 1.29 is 14.3 Å². The highest BCUT2D eigenvalue weighted by atomic mass is 16.5.